The molecule has 0 bridgehead atoms. The summed E-state index contributed by atoms with van der Waals surface area (Å²) in [6, 6.07) is 22.3. The lowest BCUT2D eigenvalue weighted by atomic mass is 9.94. The highest BCUT2D eigenvalue weighted by atomic mass is 15.0. The highest BCUT2D eigenvalue weighted by Crippen LogP contribution is 2.50. The molecule has 0 unspecified atom stereocenters. The first-order chi connectivity index (χ1) is 17.4. The van der Waals surface area contributed by atoms with Crippen molar-refractivity contribution in [3.05, 3.63) is 108 Å². The lowest BCUT2D eigenvalue weighted by Gasteiger charge is -2.13. The molecule has 0 fully saturated rings. The van der Waals surface area contributed by atoms with E-state index in [4.69, 9.17) is 4.98 Å². The monoisotopic (exact) mass is 446 g/mol. The van der Waals surface area contributed by atoms with Crippen molar-refractivity contribution in [2.45, 2.75) is 12.8 Å². The minimum atomic E-state index is 0.930. The van der Waals surface area contributed by atoms with Crippen LogP contribution in [0.5, 0.6) is 0 Å². The van der Waals surface area contributed by atoms with E-state index in [1.54, 1.807) is 0 Å². The molecule has 35 heavy (non-hydrogen) atoms. The van der Waals surface area contributed by atoms with Crippen LogP contribution in [-0.4, -0.2) is 19.4 Å². The predicted octanol–water partition coefficient (Wildman–Crippen LogP) is 6.73. The first-order valence-corrected chi connectivity index (χ1v) is 12.0. The summed E-state index contributed by atoms with van der Waals surface area (Å²) in [5, 5.41) is 3.68. The lowest BCUT2D eigenvalue weighted by molar-refractivity contribution is 1.23. The summed E-state index contributed by atoms with van der Waals surface area (Å²) in [6.07, 6.45) is 9.50. The minimum absolute atomic E-state index is 0.930. The SMILES string of the molecule is c1ccc2c(c1)Cc1c-2ccc2c1-c1ccc3c4ccncc4n4c5cnccc5nc4c3c1C2. The summed E-state index contributed by atoms with van der Waals surface area (Å²) in [5.41, 5.74) is 15.3. The highest BCUT2D eigenvalue weighted by Gasteiger charge is 2.30. The first kappa shape index (κ1) is 17.8. The Kier molecular flexibility index (Phi) is 3.11. The number of benzene rings is 3. The third-order valence-corrected chi connectivity index (χ3v) is 8.03. The molecule has 3 aromatic carbocycles. The van der Waals surface area contributed by atoms with Crippen LogP contribution in [0.3, 0.4) is 0 Å². The molecule has 4 nitrogen and oxygen atoms in total. The standard InChI is InChI=1S/C31H18N4/c1-2-4-19-17(3-1)13-24-20(19)6-5-18-14-25-23(29(18)24)8-7-22-21-9-11-32-15-27(21)35-28-16-33-12-10-26(28)34-31(35)30(22)25/h1-12,15-16H,13-14H2. The quantitative estimate of drug-likeness (QED) is 0.243. The van der Waals surface area contributed by atoms with Gasteiger partial charge in [0.2, 0.25) is 0 Å². The molecule has 9 rings (SSSR count). The van der Waals surface area contributed by atoms with Gasteiger partial charge in [0.15, 0.2) is 0 Å². The Morgan fingerprint density at radius 1 is 0.629 bits per heavy atom. The molecule has 4 aromatic heterocycles. The Morgan fingerprint density at radius 3 is 2.43 bits per heavy atom. The van der Waals surface area contributed by atoms with Crippen molar-refractivity contribution < 1.29 is 0 Å². The molecule has 0 spiro atoms. The van der Waals surface area contributed by atoms with Gasteiger partial charge >= 0.3 is 0 Å². The smallest absolute Gasteiger partial charge is 0.146 e. The van der Waals surface area contributed by atoms with Gasteiger partial charge in [-0.05, 0) is 74.9 Å². The topological polar surface area (TPSA) is 43.1 Å². The number of hydrogen-bond donors (Lipinski definition) is 0. The molecule has 2 aliphatic rings. The van der Waals surface area contributed by atoms with Gasteiger partial charge in [0.1, 0.15) is 5.65 Å². The molecular formula is C31H18N4. The molecule has 4 heterocycles. The number of nitrogens with zero attached hydrogens (tertiary/aromatic N) is 4. The van der Waals surface area contributed by atoms with Gasteiger partial charge in [-0.15, -0.1) is 0 Å². The van der Waals surface area contributed by atoms with Crippen LogP contribution in [0.15, 0.2) is 85.5 Å². The van der Waals surface area contributed by atoms with Crippen LogP contribution in [0.2, 0.25) is 0 Å². The summed E-state index contributed by atoms with van der Waals surface area (Å²) < 4.78 is 2.25. The lowest BCUT2D eigenvalue weighted by Crippen LogP contribution is -1.95. The number of hydrogen-bond acceptors (Lipinski definition) is 3. The molecule has 0 N–H and O–H groups in total. The molecule has 0 saturated carbocycles. The fourth-order valence-electron chi connectivity index (χ4n) is 6.61. The molecule has 0 radical (unpaired) electrons. The Morgan fingerprint density at radius 2 is 1.46 bits per heavy atom. The van der Waals surface area contributed by atoms with E-state index in [9.17, 15) is 0 Å². The average Bonchev–Trinajstić information content (AvgIpc) is 3.59. The molecule has 4 heteroatoms. The molecule has 0 amide bonds. The third kappa shape index (κ3) is 2.11. The van der Waals surface area contributed by atoms with Crippen LogP contribution in [0.25, 0.3) is 60.6 Å². The van der Waals surface area contributed by atoms with Crippen molar-refractivity contribution in [2.24, 2.45) is 0 Å². The van der Waals surface area contributed by atoms with Gasteiger partial charge in [-0.1, -0.05) is 48.5 Å². The van der Waals surface area contributed by atoms with Gasteiger partial charge in [-0.2, -0.15) is 0 Å². The van der Waals surface area contributed by atoms with Gasteiger partial charge in [0.05, 0.1) is 28.9 Å². The van der Waals surface area contributed by atoms with E-state index >= 15 is 0 Å². The summed E-state index contributed by atoms with van der Waals surface area (Å²) in [7, 11) is 0. The van der Waals surface area contributed by atoms with Crippen LogP contribution < -0.4 is 0 Å². The second kappa shape index (κ2) is 6.10. The average molecular weight is 447 g/mol. The molecule has 0 atom stereocenters. The minimum Gasteiger partial charge on any atom is -0.289 e. The van der Waals surface area contributed by atoms with E-state index in [1.807, 2.05) is 30.9 Å². The van der Waals surface area contributed by atoms with Crippen molar-refractivity contribution in [2.75, 3.05) is 0 Å². The van der Waals surface area contributed by atoms with Crippen molar-refractivity contribution in [3.63, 3.8) is 0 Å². The molecule has 7 aromatic rings. The van der Waals surface area contributed by atoms with Gasteiger partial charge < -0.3 is 0 Å². The molecule has 0 saturated heterocycles. The predicted molar refractivity (Wildman–Crippen MR) is 140 cm³/mol. The summed E-state index contributed by atoms with van der Waals surface area (Å²) >= 11 is 0. The van der Waals surface area contributed by atoms with Gasteiger partial charge in [-0.25, -0.2) is 4.98 Å². The Hall–Kier alpha value is -4.57. The Labute approximate surface area is 200 Å². The number of fused-ring (bicyclic) bond motifs is 16. The molecule has 162 valence electrons. The van der Waals surface area contributed by atoms with E-state index in [1.165, 1.54) is 60.7 Å². The van der Waals surface area contributed by atoms with E-state index in [-0.39, 0.29) is 0 Å². The Balaban J connectivity index is 1.44. The maximum atomic E-state index is 5.13. The third-order valence-electron chi connectivity index (χ3n) is 8.03. The summed E-state index contributed by atoms with van der Waals surface area (Å²) in [5.74, 6) is 0. The van der Waals surface area contributed by atoms with Crippen molar-refractivity contribution in [3.8, 4) is 22.3 Å². The van der Waals surface area contributed by atoms with Gasteiger partial charge in [-0.3, -0.25) is 14.4 Å². The largest absolute Gasteiger partial charge is 0.289 e. The number of imidazole rings is 1. The van der Waals surface area contributed by atoms with Gasteiger partial charge in [0, 0.05) is 23.2 Å². The fourth-order valence-corrected chi connectivity index (χ4v) is 6.61. The molecular weight excluding hydrogens is 428 g/mol. The zero-order chi connectivity index (χ0) is 22.7. The molecule has 2 aliphatic carbocycles. The number of aromatic nitrogens is 4. The molecule has 0 aliphatic heterocycles. The van der Waals surface area contributed by atoms with Crippen LogP contribution in [0, 0.1) is 0 Å². The summed E-state index contributed by atoms with van der Waals surface area (Å²) in [4.78, 5) is 14.0. The second-order valence-electron chi connectivity index (χ2n) is 9.68. The van der Waals surface area contributed by atoms with Crippen molar-refractivity contribution >= 4 is 38.4 Å². The normalized spacial score (nSPS) is 13.5. The van der Waals surface area contributed by atoms with Crippen molar-refractivity contribution in [1.82, 2.24) is 19.4 Å². The van der Waals surface area contributed by atoms with E-state index < -0.39 is 0 Å². The zero-order valence-corrected chi connectivity index (χ0v) is 18.8. The Bertz CT molecular complexity index is 2070. The fraction of sp³-hybridized carbons (Fsp3) is 0.0645. The van der Waals surface area contributed by atoms with Crippen molar-refractivity contribution in [1.29, 1.82) is 0 Å². The van der Waals surface area contributed by atoms with E-state index in [0.717, 1.165) is 35.0 Å². The van der Waals surface area contributed by atoms with Gasteiger partial charge in [0.25, 0.3) is 0 Å². The summed E-state index contributed by atoms with van der Waals surface area (Å²) in [6.45, 7) is 0. The highest BCUT2D eigenvalue weighted by molar-refractivity contribution is 6.17. The maximum absolute atomic E-state index is 5.13. The number of pyridine rings is 3. The number of rotatable bonds is 0. The van der Waals surface area contributed by atoms with E-state index in [0.29, 0.717) is 0 Å². The van der Waals surface area contributed by atoms with E-state index in [2.05, 4.69) is 69.0 Å². The van der Waals surface area contributed by atoms with Crippen LogP contribution in [0.4, 0.5) is 0 Å². The maximum Gasteiger partial charge on any atom is 0.146 e. The first-order valence-electron chi connectivity index (χ1n) is 12.0. The second-order valence-corrected chi connectivity index (χ2v) is 9.68. The van der Waals surface area contributed by atoms with Crippen LogP contribution >= 0.6 is 0 Å². The van der Waals surface area contributed by atoms with Crippen LogP contribution in [0.1, 0.15) is 22.3 Å². The van der Waals surface area contributed by atoms with Crippen LogP contribution in [-0.2, 0) is 12.8 Å². The zero-order valence-electron chi connectivity index (χ0n) is 18.8.